The number of amides is 1. The number of nitrogens with zero attached hydrogens (tertiary/aromatic N) is 1. The topological polar surface area (TPSA) is 74.3 Å². The number of carbonyl (C=O) groups excluding carboxylic acids is 1. The second-order valence-corrected chi connectivity index (χ2v) is 5.37. The van der Waals surface area contributed by atoms with Crippen molar-refractivity contribution in [2.45, 2.75) is 6.61 Å². The van der Waals surface area contributed by atoms with Crippen LogP contribution in [0.3, 0.4) is 0 Å². The number of primary amides is 1. The molecule has 0 aliphatic heterocycles. The number of carbonyl (C=O) groups is 1. The average molecular weight is 338 g/mol. The molecule has 0 bridgehead atoms. The molecular formula is C19H15FN2O3. The fourth-order valence-electron chi connectivity index (χ4n) is 2.36. The van der Waals surface area contributed by atoms with Crippen molar-refractivity contribution < 1.29 is 13.9 Å². The van der Waals surface area contributed by atoms with Gasteiger partial charge in [0.1, 0.15) is 18.2 Å². The van der Waals surface area contributed by atoms with Crippen LogP contribution in [0.5, 0.6) is 5.75 Å². The molecule has 6 heteroatoms. The van der Waals surface area contributed by atoms with Crippen LogP contribution in [0.15, 0.2) is 71.7 Å². The van der Waals surface area contributed by atoms with E-state index < -0.39 is 11.7 Å². The highest BCUT2D eigenvalue weighted by Crippen LogP contribution is 2.15. The van der Waals surface area contributed by atoms with E-state index in [0.29, 0.717) is 18.0 Å². The molecule has 0 radical (unpaired) electrons. The van der Waals surface area contributed by atoms with Gasteiger partial charge in [0.2, 0.25) is 0 Å². The third-order valence-electron chi connectivity index (χ3n) is 3.64. The smallest absolute Gasteiger partial charge is 0.258 e. The van der Waals surface area contributed by atoms with E-state index in [1.807, 2.05) is 30.3 Å². The van der Waals surface area contributed by atoms with Gasteiger partial charge in [0.05, 0.1) is 11.3 Å². The summed E-state index contributed by atoms with van der Waals surface area (Å²) in [6, 6.07) is 16.3. The average Bonchev–Trinajstić information content (AvgIpc) is 2.60. The van der Waals surface area contributed by atoms with E-state index in [2.05, 4.69) is 0 Å². The van der Waals surface area contributed by atoms with Crippen LogP contribution in [-0.4, -0.2) is 10.5 Å². The van der Waals surface area contributed by atoms with Gasteiger partial charge in [-0.1, -0.05) is 30.3 Å². The first-order chi connectivity index (χ1) is 12.0. The largest absolute Gasteiger partial charge is 0.489 e. The van der Waals surface area contributed by atoms with Gasteiger partial charge in [-0.25, -0.2) is 4.39 Å². The van der Waals surface area contributed by atoms with Crippen LogP contribution in [0, 0.1) is 5.82 Å². The highest BCUT2D eigenvalue weighted by molar-refractivity contribution is 5.93. The highest BCUT2D eigenvalue weighted by Gasteiger charge is 2.10. The van der Waals surface area contributed by atoms with E-state index in [0.717, 1.165) is 11.6 Å². The minimum Gasteiger partial charge on any atom is -0.489 e. The lowest BCUT2D eigenvalue weighted by atomic mass is 10.2. The predicted octanol–water partition coefficient (Wildman–Crippen LogP) is 2.65. The first kappa shape index (κ1) is 16.4. The molecule has 0 aliphatic rings. The van der Waals surface area contributed by atoms with Crippen LogP contribution >= 0.6 is 0 Å². The summed E-state index contributed by atoms with van der Waals surface area (Å²) >= 11 is 0. The molecule has 0 atom stereocenters. The van der Waals surface area contributed by atoms with E-state index >= 15 is 0 Å². The molecule has 0 saturated carbocycles. The van der Waals surface area contributed by atoms with Crippen molar-refractivity contribution in [1.82, 2.24) is 4.57 Å². The lowest BCUT2D eigenvalue weighted by Gasteiger charge is -2.10. The number of aromatic nitrogens is 1. The van der Waals surface area contributed by atoms with Gasteiger partial charge in [0.15, 0.2) is 0 Å². The van der Waals surface area contributed by atoms with E-state index in [1.54, 1.807) is 6.07 Å². The van der Waals surface area contributed by atoms with Crippen LogP contribution < -0.4 is 16.0 Å². The molecule has 1 heterocycles. The first-order valence-corrected chi connectivity index (χ1v) is 7.54. The van der Waals surface area contributed by atoms with Gasteiger partial charge in [-0.3, -0.25) is 14.2 Å². The Balaban J connectivity index is 1.81. The quantitative estimate of drug-likeness (QED) is 0.777. The molecule has 1 amide bonds. The normalized spacial score (nSPS) is 10.4. The molecule has 126 valence electrons. The Morgan fingerprint density at radius 2 is 1.84 bits per heavy atom. The molecule has 3 aromatic rings. The van der Waals surface area contributed by atoms with Crippen LogP contribution in [-0.2, 0) is 6.61 Å². The van der Waals surface area contributed by atoms with Crippen molar-refractivity contribution >= 4 is 5.91 Å². The third kappa shape index (κ3) is 3.74. The molecule has 0 fully saturated rings. The molecule has 1 aromatic heterocycles. The molecular weight excluding hydrogens is 323 g/mol. The number of hydrogen-bond acceptors (Lipinski definition) is 3. The summed E-state index contributed by atoms with van der Waals surface area (Å²) < 4.78 is 20.7. The van der Waals surface area contributed by atoms with Gasteiger partial charge in [-0.2, -0.15) is 0 Å². The summed E-state index contributed by atoms with van der Waals surface area (Å²) in [4.78, 5) is 23.3. The van der Waals surface area contributed by atoms with E-state index in [9.17, 15) is 14.0 Å². The zero-order valence-electron chi connectivity index (χ0n) is 13.2. The van der Waals surface area contributed by atoms with Gasteiger partial charge in [0, 0.05) is 12.3 Å². The Kier molecular flexibility index (Phi) is 4.61. The summed E-state index contributed by atoms with van der Waals surface area (Å²) in [6.07, 6.45) is 1.49. The first-order valence-electron chi connectivity index (χ1n) is 7.54. The molecule has 5 nitrogen and oxygen atoms in total. The number of pyridine rings is 1. The van der Waals surface area contributed by atoms with Gasteiger partial charge in [-0.15, -0.1) is 0 Å². The number of rotatable bonds is 5. The maximum atomic E-state index is 13.9. The Hall–Kier alpha value is -3.41. The van der Waals surface area contributed by atoms with Crippen LogP contribution in [0.4, 0.5) is 4.39 Å². The Morgan fingerprint density at radius 3 is 2.48 bits per heavy atom. The van der Waals surface area contributed by atoms with Crippen molar-refractivity contribution in [3.8, 4) is 11.4 Å². The van der Waals surface area contributed by atoms with Crippen LogP contribution in [0.1, 0.15) is 15.9 Å². The third-order valence-corrected chi connectivity index (χ3v) is 3.64. The number of ether oxygens (including phenoxy) is 1. The Bertz CT molecular complexity index is 968. The maximum Gasteiger partial charge on any atom is 0.258 e. The van der Waals surface area contributed by atoms with Crippen molar-refractivity contribution in [2.75, 3.05) is 0 Å². The lowest BCUT2D eigenvalue weighted by molar-refractivity contribution is 0.0996. The molecule has 0 aliphatic carbocycles. The second kappa shape index (κ2) is 7.00. The van der Waals surface area contributed by atoms with Crippen molar-refractivity contribution in [3.63, 3.8) is 0 Å². The van der Waals surface area contributed by atoms with Crippen molar-refractivity contribution in [2.24, 2.45) is 5.73 Å². The Morgan fingerprint density at radius 1 is 1.08 bits per heavy atom. The molecule has 25 heavy (non-hydrogen) atoms. The van der Waals surface area contributed by atoms with Crippen LogP contribution in [0.25, 0.3) is 5.69 Å². The predicted molar refractivity (Wildman–Crippen MR) is 91.3 cm³/mol. The molecule has 0 spiro atoms. The fraction of sp³-hybridized carbons (Fsp3) is 0.0526. The standard InChI is InChI=1S/C19H15FN2O3/c20-17-10-14(6-7-16(17)19(21)24)22-9-8-15(11-18(22)23)25-12-13-4-2-1-3-5-13/h1-11H,12H2,(H2,21,24). The number of benzene rings is 2. The SMILES string of the molecule is NC(=O)c1ccc(-n2ccc(OCc3ccccc3)cc2=O)cc1F. The summed E-state index contributed by atoms with van der Waals surface area (Å²) in [5.41, 5.74) is 5.75. The molecule has 2 N–H and O–H groups in total. The number of nitrogens with two attached hydrogens (primary N) is 1. The Labute approximate surface area is 143 Å². The van der Waals surface area contributed by atoms with E-state index in [-0.39, 0.29) is 11.1 Å². The molecule has 2 aromatic carbocycles. The van der Waals surface area contributed by atoms with Gasteiger partial charge in [-0.05, 0) is 29.8 Å². The maximum absolute atomic E-state index is 13.9. The summed E-state index contributed by atoms with van der Waals surface area (Å²) in [5, 5.41) is 0. The monoisotopic (exact) mass is 338 g/mol. The van der Waals surface area contributed by atoms with Crippen molar-refractivity contribution in [1.29, 1.82) is 0 Å². The number of halogens is 1. The van der Waals surface area contributed by atoms with Gasteiger partial charge in [0.25, 0.3) is 11.5 Å². The van der Waals surface area contributed by atoms with Crippen LogP contribution in [0.2, 0.25) is 0 Å². The lowest BCUT2D eigenvalue weighted by Crippen LogP contribution is -2.18. The fourth-order valence-corrected chi connectivity index (χ4v) is 2.36. The van der Waals surface area contributed by atoms with Gasteiger partial charge >= 0.3 is 0 Å². The highest BCUT2D eigenvalue weighted by atomic mass is 19.1. The summed E-state index contributed by atoms with van der Waals surface area (Å²) in [5.74, 6) is -1.22. The molecule has 0 saturated heterocycles. The minimum absolute atomic E-state index is 0.223. The molecule has 3 rings (SSSR count). The van der Waals surface area contributed by atoms with Crippen molar-refractivity contribution in [3.05, 3.63) is 94.2 Å². The second-order valence-electron chi connectivity index (χ2n) is 5.37. The molecule has 0 unspecified atom stereocenters. The van der Waals surface area contributed by atoms with E-state index in [4.69, 9.17) is 10.5 Å². The number of hydrogen-bond donors (Lipinski definition) is 1. The zero-order valence-corrected chi connectivity index (χ0v) is 13.2. The summed E-state index contributed by atoms with van der Waals surface area (Å²) in [6.45, 7) is 0.340. The minimum atomic E-state index is -0.860. The van der Waals surface area contributed by atoms with E-state index in [1.165, 1.54) is 29.0 Å². The summed E-state index contributed by atoms with van der Waals surface area (Å²) in [7, 11) is 0. The van der Waals surface area contributed by atoms with Gasteiger partial charge < -0.3 is 10.5 Å². The zero-order chi connectivity index (χ0) is 17.8.